The molecule has 0 saturated heterocycles. The van der Waals surface area contributed by atoms with Crippen molar-refractivity contribution in [2.45, 2.75) is 6.42 Å². The zero-order valence-corrected chi connectivity index (χ0v) is 13.7. The van der Waals surface area contributed by atoms with Crippen LogP contribution >= 0.6 is 11.3 Å². The van der Waals surface area contributed by atoms with Crippen LogP contribution in [0.4, 0.5) is 5.69 Å². The highest BCUT2D eigenvalue weighted by Crippen LogP contribution is 2.14. The smallest absolute Gasteiger partial charge is 0.331 e. The Balaban J connectivity index is 1.92. The van der Waals surface area contributed by atoms with Crippen LogP contribution in [-0.2, 0) is 14.3 Å². The summed E-state index contributed by atoms with van der Waals surface area (Å²) in [6.07, 6.45) is 3.12. The number of hydrogen-bond donors (Lipinski definition) is 0. The molecule has 5 nitrogen and oxygen atoms in total. The SMILES string of the molecule is N#CCCN(C(=O)COC(=O)/C=C/c1ccsc1)c1ccccc1. The topological polar surface area (TPSA) is 70.4 Å². The Morgan fingerprint density at radius 2 is 2.04 bits per heavy atom. The van der Waals surface area contributed by atoms with Gasteiger partial charge in [-0.2, -0.15) is 16.6 Å². The predicted molar refractivity (Wildman–Crippen MR) is 93.3 cm³/mol. The zero-order valence-electron chi connectivity index (χ0n) is 12.9. The third-order valence-electron chi connectivity index (χ3n) is 3.11. The first-order chi connectivity index (χ1) is 11.7. The van der Waals surface area contributed by atoms with Crippen LogP contribution in [0.2, 0.25) is 0 Å². The van der Waals surface area contributed by atoms with Crippen molar-refractivity contribution in [2.75, 3.05) is 18.1 Å². The zero-order chi connectivity index (χ0) is 17.2. The molecule has 0 atom stereocenters. The summed E-state index contributed by atoms with van der Waals surface area (Å²) in [4.78, 5) is 25.4. The number of carbonyl (C=O) groups excluding carboxylic acids is 2. The number of benzene rings is 1. The number of para-hydroxylation sites is 1. The van der Waals surface area contributed by atoms with E-state index in [-0.39, 0.29) is 25.5 Å². The number of nitriles is 1. The number of nitrogens with zero attached hydrogens (tertiary/aromatic N) is 2. The van der Waals surface area contributed by atoms with Crippen LogP contribution in [0.3, 0.4) is 0 Å². The molecular formula is C18H16N2O3S. The van der Waals surface area contributed by atoms with E-state index in [1.165, 1.54) is 22.3 Å². The summed E-state index contributed by atoms with van der Waals surface area (Å²) in [7, 11) is 0. The van der Waals surface area contributed by atoms with E-state index >= 15 is 0 Å². The average Bonchev–Trinajstić information content (AvgIpc) is 3.13. The molecule has 0 saturated carbocycles. The quantitative estimate of drug-likeness (QED) is 0.573. The molecule has 0 aliphatic heterocycles. The molecule has 0 fully saturated rings. The van der Waals surface area contributed by atoms with Gasteiger partial charge in [-0.3, -0.25) is 4.79 Å². The number of anilines is 1. The summed E-state index contributed by atoms with van der Waals surface area (Å²) in [6.45, 7) is -0.116. The Bertz CT molecular complexity index is 733. The van der Waals surface area contributed by atoms with Gasteiger partial charge in [0.2, 0.25) is 0 Å². The minimum atomic E-state index is -0.581. The number of carbonyl (C=O) groups is 2. The van der Waals surface area contributed by atoms with Gasteiger partial charge in [-0.05, 0) is 40.6 Å². The van der Waals surface area contributed by atoms with E-state index in [4.69, 9.17) is 10.00 Å². The summed E-state index contributed by atoms with van der Waals surface area (Å²) in [5, 5.41) is 12.5. The first-order valence-corrected chi connectivity index (χ1v) is 8.24. The molecule has 1 aromatic carbocycles. The molecule has 1 aromatic heterocycles. The van der Waals surface area contributed by atoms with Crippen molar-refractivity contribution in [3.05, 3.63) is 58.8 Å². The Kier molecular flexibility index (Phi) is 6.74. The molecule has 0 aliphatic rings. The second kappa shape index (κ2) is 9.28. The van der Waals surface area contributed by atoms with Crippen LogP contribution < -0.4 is 4.90 Å². The van der Waals surface area contributed by atoms with E-state index in [9.17, 15) is 9.59 Å². The first-order valence-electron chi connectivity index (χ1n) is 7.30. The van der Waals surface area contributed by atoms with Crippen molar-refractivity contribution in [1.82, 2.24) is 0 Å². The number of esters is 1. The van der Waals surface area contributed by atoms with E-state index in [0.29, 0.717) is 5.69 Å². The molecule has 24 heavy (non-hydrogen) atoms. The molecule has 0 aliphatic carbocycles. The minimum Gasteiger partial charge on any atom is -0.452 e. The van der Waals surface area contributed by atoms with Crippen LogP contribution in [-0.4, -0.2) is 25.0 Å². The Hall–Kier alpha value is -2.91. The number of hydrogen-bond acceptors (Lipinski definition) is 5. The molecule has 0 N–H and O–H groups in total. The van der Waals surface area contributed by atoms with E-state index in [2.05, 4.69) is 0 Å². The summed E-state index contributed by atoms with van der Waals surface area (Å²) in [6, 6.07) is 12.9. The van der Waals surface area contributed by atoms with E-state index < -0.39 is 5.97 Å². The van der Waals surface area contributed by atoms with E-state index in [1.807, 2.05) is 29.0 Å². The van der Waals surface area contributed by atoms with Crippen LogP contribution in [0.1, 0.15) is 12.0 Å². The molecule has 2 aromatic rings. The lowest BCUT2D eigenvalue weighted by molar-refractivity contribution is -0.142. The number of ether oxygens (including phenoxy) is 1. The van der Waals surface area contributed by atoms with Crippen molar-refractivity contribution in [1.29, 1.82) is 5.26 Å². The standard InChI is InChI=1S/C18H16N2O3S/c19-10-4-11-20(16-5-2-1-3-6-16)17(21)13-23-18(22)8-7-15-9-12-24-14-15/h1-3,5-9,12,14H,4,11,13H2/b8-7+. The Labute approximate surface area is 144 Å². The van der Waals surface area contributed by atoms with Gasteiger partial charge >= 0.3 is 5.97 Å². The van der Waals surface area contributed by atoms with Crippen LogP contribution in [0.15, 0.2) is 53.2 Å². The molecule has 122 valence electrons. The first kappa shape index (κ1) is 17.4. The maximum atomic E-state index is 12.3. The van der Waals surface area contributed by atoms with Gasteiger partial charge < -0.3 is 9.64 Å². The second-order valence-corrected chi connectivity index (χ2v) is 5.57. The van der Waals surface area contributed by atoms with Crippen molar-refractivity contribution >= 4 is 35.0 Å². The maximum Gasteiger partial charge on any atom is 0.331 e. The average molecular weight is 340 g/mol. The minimum absolute atomic E-state index is 0.201. The number of rotatable bonds is 7. The Morgan fingerprint density at radius 3 is 2.71 bits per heavy atom. The molecule has 6 heteroatoms. The van der Waals surface area contributed by atoms with Gasteiger partial charge in [0.25, 0.3) is 5.91 Å². The monoisotopic (exact) mass is 340 g/mol. The lowest BCUT2D eigenvalue weighted by Crippen LogP contribution is -2.35. The molecule has 0 unspecified atom stereocenters. The fourth-order valence-electron chi connectivity index (χ4n) is 1.96. The van der Waals surface area contributed by atoms with Gasteiger partial charge in [0, 0.05) is 18.3 Å². The summed E-state index contributed by atoms with van der Waals surface area (Å²) < 4.78 is 4.99. The van der Waals surface area contributed by atoms with Crippen molar-refractivity contribution in [3.8, 4) is 6.07 Å². The highest BCUT2D eigenvalue weighted by molar-refractivity contribution is 7.08. The third kappa shape index (κ3) is 5.38. The second-order valence-electron chi connectivity index (χ2n) is 4.79. The van der Waals surface area contributed by atoms with Crippen LogP contribution in [0.5, 0.6) is 0 Å². The fourth-order valence-corrected chi connectivity index (χ4v) is 2.59. The summed E-state index contributed by atoms with van der Waals surface area (Å²) in [5.41, 5.74) is 1.57. The molecular weight excluding hydrogens is 324 g/mol. The third-order valence-corrected chi connectivity index (χ3v) is 3.81. The lowest BCUT2D eigenvalue weighted by atomic mass is 10.2. The van der Waals surface area contributed by atoms with Gasteiger partial charge in [-0.15, -0.1) is 0 Å². The molecule has 1 amide bonds. The van der Waals surface area contributed by atoms with Crippen molar-refractivity contribution in [2.24, 2.45) is 0 Å². The highest BCUT2D eigenvalue weighted by atomic mass is 32.1. The van der Waals surface area contributed by atoms with Gasteiger partial charge in [-0.1, -0.05) is 18.2 Å². The summed E-state index contributed by atoms with van der Waals surface area (Å²) >= 11 is 1.53. The fraction of sp³-hybridized carbons (Fsp3) is 0.167. The van der Waals surface area contributed by atoms with Gasteiger partial charge in [0.05, 0.1) is 12.5 Å². The van der Waals surface area contributed by atoms with Crippen molar-refractivity contribution < 1.29 is 14.3 Å². The molecule has 0 radical (unpaired) electrons. The molecule has 1 heterocycles. The van der Waals surface area contributed by atoms with Gasteiger partial charge in [0.1, 0.15) is 0 Å². The molecule has 0 spiro atoms. The number of thiophene rings is 1. The van der Waals surface area contributed by atoms with E-state index in [0.717, 1.165) is 5.56 Å². The Morgan fingerprint density at radius 1 is 1.25 bits per heavy atom. The normalized spacial score (nSPS) is 10.3. The van der Waals surface area contributed by atoms with Crippen LogP contribution in [0.25, 0.3) is 6.08 Å². The summed E-state index contributed by atoms with van der Waals surface area (Å²) in [5.74, 6) is -0.948. The molecule has 0 bridgehead atoms. The largest absolute Gasteiger partial charge is 0.452 e. The van der Waals surface area contributed by atoms with Gasteiger partial charge in [0.15, 0.2) is 6.61 Å². The van der Waals surface area contributed by atoms with Crippen LogP contribution in [0, 0.1) is 11.3 Å². The van der Waals surface area contributed by atoms with Crippen molar-refractivity contribution in [3.63, 3.8) is 0 Å². The predicted octanol–water partition coefficient (Wildman–Crippen LogP) is 3.25. The maximum absolute atomic E-state index is 12.3. The van der Waals surface area contributed by atoms with Gasteiger partial charge in [-0.25, -0.2) is 4.79 Å². The van der Waals surface area contributed by atoms with E-state index in [1.54, 1.807) is 30.3 Å². The lowest BCUT2D eigenvalue weighted by Gasteiger charge is -2.21. The number of amides is 1. The highest BCUT2D eigenvalue weighted by Gasteiger charge is 2.16. The molecule has 2 rings (SSSR count).